The summed E-state index contributed by atoms with van der Waals surface area (Å²) in [7, 11) is 1.31. The molecule has 4 rings (SSSR count). The summed E-state index contributed by atoms with van der Waals surface area (Å²) < 4.78 is 10.7. The Morgan fingerprint density at radius 2 is 2.12 bits per heavy atom. The minimum atomic E-state index is -0.505. The molecule has 0 spiro atoms. The molecule has 0 amide bonds. The number of carbonyl (C=O) groups excluding carboxylic acids is 1. The molecule has 1 aliphatic carbocycles. The number of fused-ring (bicyclic) bond motifs is 1. The maximum atomic E-state index is 11.9. The van der Waals surface area contributed by atoms with Crippen LogP contribution in [-0.4, -0.2) is 19.3 Å². The van der Waals surface area contributed by atoms with Crippen molar-refractivity contribution < 1.29 is 13.9 Å². The highest BCUT2D eigenvalue weighted by molar-refractivity contribution is 7.16. The Hall–Kier alpha value is -2.88. The molecular weight excluding hydrogens is 456 g/mol. The van der Waals surface area contributed by atoms with E-state index in [0.717, 1.165) is 29.8 Å². The summed E-state index contributed by atoms with van der Waals surface area (Å²) in [5, 5.41) is 10.8. The van der Waals surface area contributed by atoms with Gasteiger partial charge in [0, 0.05) is 10.4 Å². The zero-order valence-corrected chi connectivity index (χ0v) is 20.6. The Labute approximate surface area is 202 Å². The fourth-order valence-corrected chi connectivity index (χ4v) is 5.58. The zero-order valence-electron chi connectivity index (χ0n) is 19.1. The van der Waals surface area contributed by atoms with Crippen molar-refractivity contribution in [2.75, 3.05) is 7.11 Å². The average Bonchev–Trinajstić information content (AvgIpc) is 3.40. The Morgan fingerprint density at radius 1 is 1.33 bits per heavy atom. The Balaban J connectivity index is 1.58. The van der Waals surface area contributed by atoms with Crippen LogP contribution in [0.4, 0.5) is 5.00 Å². The summed E-state index contributed by atoms with van der Waals surface area (Å²) >= 11 is 7.72. The SMILES string of the molecule is COC(=O)c1cc(-c2ccc(C=Nc3sc4c(c3C#N)CC[C@@H](C(C)(C)C)C4)o2)ccc1Cl. The molecule has 7 heteroatoms. The minimum Gasteiger partial charge on any atom is -0.465 e. The molecule has 5 nitrogen and oxygen atoms in total. The van der Waals surface area contributed by atoms with Crippen LogP contribution in [0.2, 0.25) is 5.02 Å². The van der Waals surface area contributed by atoms with Crippen LogP contribution < -0.4 is 0 Å². The molecule has 33 heavy (non-hydrogen) atoms. The highest BCUT2D eigenvalue weighted by atomic mass is 35.5. The lowest BCUT2D eigenvalue weighted by molar-refractivity contribution is 0.0601. The maximum absolute atomic E-state index is 11.9. The van der Waals surface area contributed by atoms with Gasteiger partial charge in [-0.05, 0) is 66.5 Å². The summed E-state index contributed by atoms with van der Waals surface area (Å²) in [6, 6.07) is 11.0. The molecule has 2 heterocycles. The Morgan fingerprint density at radius 3 is 2.82 bits per heavy atom. The highest BCUT2D eigenvalue weighted by Crippen LogP contribution is 2.44. The molecule has 0 fully saturated rings. The second kappa shape index (κ2) is 9.17. The smallest absolute Gasteiger partial charge is 0.339 e. The topological polar surface area (TPSA) is 75.6 Å². The maximum Gasteiger partial charge on any atom is 0.339 e. The third-order valence-corrected chi connectivity index (χ3v) is 7.67. The van der Waals surface area contributed by atoms with Crippen molar-refractivity contribution >= 4 is 40.1 Å². The van der Waals surface area contributed by atoms with E-state index >= 15 is 0 Å². The van der Waals surface area contributed by atoms with Gasteiger partial charge in [0.1, 0.15) is 22.6 Å². The van der Waals surface area contributed by atoms with Crippen molar-refractivity contribution in [1.82, 2.24) is 0 Å². The predicted molar refractivity (Wildman–Crippen MR) is 132 cm³/mol. The molecule has 3 aromatic rings. The molecule has 0 aliphatic heterocycles. The van der Waals surface area contributed by atoms with Gasteiger partial charge in [0.25, 0.3) is 0 Å². The van der Waals surface area contributed by atoms with E-state index in [1.165, 1.54) is 12.0 Å². The van der Waals surface area contributed by atoms with Gasteiger partial charge in [0.15, 0.2) is 0 Å². The van der Waals surface area contributed by atoms with Crippen LogP contribution in [0.25, 0.3) is 11.3 Å². The number of methoxy groups -OCH3 is 1. The van der Waals surface area contributed by atoms with Crippen molar-refractivity contribution in [1.29, 1.82) is 5.26 Å². The molecule has 170 valence electrons. The molecular formula is C26H25ClN2O3S. The van der Waals surface area contributed by atoms with Gasteiger partial charge in [-0.25, -0.2) is 9.79 Å². The lowest BCUT2D eigenvalue weighted by atomic mass is 9.72. The minimum absolute atomic E-state index is 0.248. The largest absolute Gasteiger partial charge is 0.465 e. The highest BCUT2D eigenvalue weighted by Gasteiger charge is 2.32. The van der Waals surface area contributed by atoms with Crippen molar-refractivity contribution in [2.45, 2.75) is 40.0 Å². The number of nitriles is 1. The first-order valence-corrected chi connectivity index (χ1v) is 12.0. The summed E-state index contributed by atoms with van der Waals surface area (Å²) in [5.41, 5.74) is 3.08. The summed E-state index contributed by atoms with van der Waals surface area (Å²) in [4.78, 5) is 17.8. The zero-order chi connectivity index (χ0) is 23.8. The molecule has 1 atom stereocenters. The summed E-state index contributed by atoms with van der Waals surface area (Å²) in [6.07, 6.45) is 4.66. The van der Waals surface area contributed by atoms with Gasteiger partial charge < -0.3 is 9.15 Å². The van der Waals surface area contributed by atoms with Gasteiger partial charge in [0.05, 0.1) is 29.5 Å². The van der Waals surface area contributed by atoms with E-state index in [-0.39, 0.29) is 11.0 Å². The fraction of sp³-hybridized carbons (Fsp3) is 0.346. The van der Waals surface area contributed by atoms with Gasteiger partial charge in [-0.15, -0.1) is 11.3 Å². The van der Waals surface area contributed by atoms with Crippen LogP contribution in [0, 0.1) is 22.7 Å². The van der Waals surface area contributed by atoms with Crippen LogP contribution >= 0.6 is 22.9 Å². The number of halogens is 1. The van der Waals surface area contributed by atoms with Gasteiger partial charge in [0.2, 0.25) is 0 Å². The number of benzene rings is 1. The molecule has 0 saturated heterocycles. The molecule has 0 N–H and O–H groups in total. The number of esters is 1. The Kier molecular flexibility index (Phi) is 6.47. The normalized spacial score (nSPS) is 15.9. The molecule has 0 unspecified atom stereocenters. The summed E-state index contributed by atoms with van der Waals surface area (Å²) in [6.45, 7) is 6.84. The number of furan rings is 1. The molecule has 2 aromatic heterocycles. The van der Waals surface area contributed by atoms with E-state index < -0.39 is 5.97 Å². The number of nitrogens with zero attached hydrogens (tertiary/aromatic N) is 2. The van der Waals surface area contributed by atoms with Crippen molar-refractivity contribution in [3.05, 3.63) is 62.7 Å². The van der Waals surface area contributed by atoms with Crippen LogP contribution in [0.3, 0.4) is 0 Å². The predicted octanol–water partition coefficient (Wildman–Crippen LogP) is 7.22. The van der Waals surface area contributed by atoms with Crippen LogP contribution in [-0.2, 0) is 17.6 Å². The number of aliphatic imine (C=N–C) groups is 1. The third-order valence-electron chi connectivity index (χ3n) is 6.18. The lowest BCUT2D eigenvalue weighted by Gasteiger charge is -2.33. The first-order chi connectivity index (χ1) is 15.7. The monoisotopic (exact) mass is 480 g/mol. The van der Waals surface area contributed by atoms with E-state index in [2.05, 4.69) is 31.8 Å². The van der Waals surface area contributed by atoms with Crippen LogP contribution in [0.5, 0.6) is 0 Å². The van der Waals surface area contributed by atoms with E-state index in [1.54, 1.807) is 41.8 Å². The molecule has 1 aromatic carbocycles. The molecule has 0 bridgehead atoms. The number of ether oxygens (including phenoxy) is 1. The van der Waals surface area contributed by atoms with E-state index in [4.69, 9.17) is 20.8 Å². The standard InChI is InChI=1S/C26H25ClN2O3S/c1-26(2,3)16-6-8-18-20(13-28)24(33-23(18)12-16)29-14-17-7-10-22(32-17)15-5-9-21(27)19(11-15)25(30)31-4/h5,7,9-11,14,16H,6,8,12H2,1-4H3/t16-/m1/s1. The second-order valence-electron chi connectivity index (χ2n) is 9.25. The van der Waals surface area contributed by atoms with Gasteiger partial charge >= 0.3 is 5.97 Å². The molecule has 0 radical (unpaired) electrons. The number of rotatable bonds is 4. The number of carbonyl (C=O) groups is 1. The van der Waals surface area contributed by atoms with E-state index in [1.807, 2.05) is 6.07 Å². The number of hydrogen-bond acceptors (Lipinski definition) is 6. The number of thiophene rings is 1. The van der Waals surface area contributed by atoms with Crippen LogP contribution in [0.1, 0.15) is 59.3 Å². The van der Waals surface area contributed by atoms with Crippen molar-refractivity contribution in [3.8, 4) is 17.4 Å². The lowest BCUT2D eigenvalue weighted by Crippen LogP contribution is -2.26. The third kappa shape index (κ3) is 4.75. The second-order valence-corrected chi connectivity index (χ2v) is 10.7. The van der Waals surface area contributed by atoms with Crippen LogP contribution in [0.15, 0.2) is 39.7 Å². The quantitative estimate of drug-likeness (QED) is 0.291. The molecule has 1 aliphatic rings. The molecule has 0 saturated carbocycles. The first kappa shape index (κ1) is 23.3. The van der Waals surface area contributed by atoms with Gasteiger partial charge in [-0.2, -0.15) is 5.26 Å². The average molecular weight is 481 g/mol. The van der Waals surface area contributed by atoms with Gasteiger partial charge in [-0.1, -0.05) is 32.4 Å². The summed E-state index contributed by atoms with van der Waals surface area (Å²) in [5.74, 6) is 1.24. The first-order valence-electron chi connectivity index (χ1n) is 10.8. The Bertz CT molecular complexity index is 1270. The van der Waals surface area contributed by atoms with E-state index in [9.17, 15) is 10.1 Å². The van der Waals surface area contributed by atoms with Crippen molar-refractivity contribution in [3.63, 3.8) is 0 Å². The fourth-order valence-electron chi connectivity index (χ4n) is 4.16. The number of hydrogen-bond donors (Lipinski definition) is 0. The van der Waals surface area contributed by atoms with Gasteiger partial charge in [-0.3, -0.25) is 0 Å². The van der Waals surface area contributed by atoms with E-state index in [0.29, 0.717) is 33.6 Å². The van der Waals surface area contributed by atoms with Crippen molar-refractivity contribution in [2.24, 2.45) is 16.3 Å².